The zero-order chi connectivity index (χ0) is 10.8. The first-order chi connectivity index (χ1) is 6.41. The first-order valence-electron chi connectivity index (χ1n) is 3.67. The Morgan fingerprint density at radius 3 is 2.57 bits per heavy atom. The molecule has 0 amide bonds. The molecule has 1 aromatic rings. The van der Waals surface area contributed by atoms with E-state index in [1.54, 1.807) is 0 Å². The minimum Gasteiger partial charge on any atom is -0.481 e. The second kappa shape index (κ2) is 3.69. The highest BCUT2D eigenvalue weighted by atomic mass is 19.4. The van der Waals surface area contributed by atoms with Crippen molar-refractivity contribution in [1.82, 2.24) is 9.55 Å². The quantitative estimate of drug-likeness (QED) is 0.818. The molecule has 1 atom stereocenters. The first-order valence-corrected chi connectivity index (χ1v) is 3.67. The van der Waals surface area contributed by atoms with Crippen LogP contribution in [-0.2, 0) is 4.79 Å². The van der Waals surface area contributed by atoms with Gasteiger partial charge in [0.2, 0.25) is 0 Å². The Bertz CT molecular complexity index is 307. The van der Waals surface area contributed by atoms with Crippen LogP contribution in [0.3, 0.4) is 0 Å². The molecule has 1 heterocycles. The van der Waals surface area contributed by atoms with Gasteiger partial charge in [0.25, 0.3) is 0 Å². The van der Waals surface area contributed by atoms with Crippen molar-refractivity contribution in [1.29, 1.82) is 0 Å². The number of alkyl halides is 3. The number of halogens is 3. The van der Waals surface area contributed by atoms with Crippen molar-refractivity contribution >= 4 is 5.97 Å². The second-order valence-corrected chi connectivity index (χ2v) is 2.67. The summed E-state index contributed by atoms with van der Waals surface area (Å²) in [6.07, 6.45) is -2.39. The van der Waals surface area contributed by atoms with Crippen LogP contribution in [0.4, 0.5) is 13.2 Å². The first kappa shape index (κ1) is 10.6. The molecule has 0 radical (unpaired) electrons. The SMILES string of the molecule is O=C(O)C[C@@H](n1ccnc1)C(F)(F)F. The van der Waals surface area contributed by atoms with Crippen molar-refractivity contribution in [3.63, 3.8) is 0 Å². The molecule has 0 unspecified atom stereocenters. The Kier molecular flexibility index (Phi) is 2.78. The number of hydrogen-bond donors (Lipinski definition) is 1. The molecule has 4 nitrogen and oxygen atoms in total. The fraction of sp³-hybridized carbons (Fsp3) is 0.429. The van der Waals surface area contributed by atoms with Crippen LogP contribution in [0.15, 0.2) is 18.7 Å². The number of carboxylic acids is 1. The Balaban J connectivity index is 2.89. The van der Waals surface area contributed by atoms with Gasteiger partial charge < -0.3 is 9.67 Å². The van der Waals surface area contributed by atoms with Crippen molar-refractivity contribution in [3.05, 3.63) is 18.7 Å². The van der Waals surface area contributed by atoms with Crippen LogP contribution in [0, 0.1) is 0 Å². The Morgan fingerprint density at radius 2 is 2.21 bits per heavy atom. The summed E-state index contributed by atoms with van der Waals surface area (Å²) in [5.74, 6) is -1.50. The van der Waals surface area contributed by atoms with E-state index in [4.69, 9.17) is 5.11 Å². The molecule has 0 aliphatic carbocycles. The van der Waals surface area contributed by atoms with Crippen LogP contribution in [0.1, 0.15) is 12.5 Å². The molecule has 1 rings (SSSR count). The van der Waals surface area contributed by atoms with Gasteiger partial charge in [-0.1, -0.05) is 0 Å². The summed E-state index contributed by atoms with van der Waals surface area (Å²) in [6.45, 7) is 0. The van der Waals surface area contributed by atoms with Crippen LogP contribution in [0.2, 0.25) is 0 Å². The molecule has 14 heavy (non-hydrogen) atoms. The van der Waals surface area contributed by atoms with Gasteiger partial charge >= 0.3 is 12.1 Å². The van der Waals surface area contributed by atoms with E-state index in [-0.39, 0.29) is 0 Å². The normalized spacial score (nSPS) is 13.9. The van der Waals surface area contributed by atoms with Crippen molar-refractivity contribution < 1.29 is 23.1 Å². The fourth-order valence-electron chi connectivity index (χ4n) is 1.01. The number of hydrogen-bond acceptors (Lipinski definition) is 2. The highest BCUT2D eigenvalue weighted by molar-refractivity contribution is 5.67. The van der Waals surface area contributed by atoms with Crippen molar-refractivity contribution in [2.24, 2.45) is 0 Å². The van der Waals surface area contributed by atoms with Gasteiger partial charge in [-0.25, -0.2) is 4.98 Å². The Hall–Kier alpha value is -1.53. The third-order valence-electron chi connectivity index (χ3n) is 1.63. The van der Waals surface area contributed by atoms with Gasteiger partial charge in [0.05, 0.1) is 12.7 Å². The van der Waals surface area contributed by atoms with Crippen LogP contribution >= 0.6 is 0 Å². The minimum atomic E-state index is -4.58. The zero-order valence-corrected chi connectivity index (χ0v) is 6.90. The topological polar surface area (TPSA) is 55.1 Å². The molecule has 0 fully saturated rings. The third kappa shape index (κ3) is 2.48. The van der Waals surface area contributed by atoms with Crippen molar-refractivity contribution in [3.8, 4) is 0 Å². The van der Waals surface area contributed by atoms with Gasteiger partial charge in [-0.2, -0.15) is 13.2 Å². The predicted octanol–water partition coefficient (Wildman–Crippen LogP) is 1.46. The lowest BCUT2D eigenvalue weighted by Gasteiger charge is -2.19. The van der Waals surface area contributed by atoms with Crippen LogP contribution in [-0.4, -0.2) is 26.8 Å². The standard InChI is InChI=1S/C7H7F3N2O2/c8-7(9,10)5(3-6(13)14)12-2-1-11-4-12/h1-2,4-5H,3H2,(H,13,14)/t5-/m1/s1. The lowest BCUT2D eigenvalue weighted by Crippen LogP contribution is -2.28. The highest BCUT2D eigenvalue weighted by Crippen LogP contribution is 2.32. The maximum Gasteiger partial charge on any atom is 0.409 e. The van der Waals surface area contributed by atoms with Crippen LogP contribution in [0.5, 0.6) is 0 Å². The smallest absolute Gasteiger partial charge is 0.409 e. The minimum absolute atomic E-state index is 0.730. The maximum atomic E-state index is 12.3. The summed E-state index contributed by atoms with van der Waals surface area (Å²) in [5, 5.41) is 8.31. The summed E-state index contributed by atoms with van der Waals surface area (Å²) >= 11 is 0. The third-order valence-corrected chi connectivity index (χ3v) is 1.63. The van der Waals surface area contributed by atoms with Crippen molar-refractivity contribution in [2.45, 2.75) is 18.6 Å². The monoisotopic (exact) mass is 208 g/mol. The Labute approximate surface area is 77.0 Å². The number of aromatic nitrogens is 2. The van der Waals surface area contributed by atoms with E-state index in [0.717, 1.165) is 17.1 Å². The average Bonchev–Trinajstić information content (AvgIpc) is 2.49. The molecule has 1 aromatic heterocycles. The molecular formula is C7H7F3N2O2. The summed E-state index contributed by atoms with van der Waals surface area (Å²) < 4.78 is 37.7. The van der Waals surface area contributed by atoms with E-state index >= 15 is 0 Å². The van der Waals surface area contributed by atoms with E-state index in [2.05, 4.69) is 4.98 Å². The number of rotatable bonds is 3. The van der Waals surface area contributed by atoms with Crippen LogP contribution < -0.4 is 0 Å². The molecule has 0 spiro atoms. The summed E-state index contributed by atoms with van der Waals surface area (Å²) in [6, 6.07) is -2.05. The molecular weight excluding hydrogens is 201 g/mol. The molecule has 78 valence electrons. The molecule has 0 aliphatic heterocycles. The lowest BCUT2D eigenvalue weighted by molar-refractivity contribution is -0.177. The summed E-state index contributed by atoms with van der Waals surface area (Å²) in [4.78, 5) is 13.7. The van der Waals surface area contributed by atoms with Gasteiger partial charge in [-0.15, -0.1) is 0 Å². The number of imidazole rings is 1. The molecule has 7 heteroatoms. The second-order valence-electron chi connectivity index (χ2n) is 2.67. The van der Waals surface area contributed by atoms with Gasteiger partial charge in [-0.05, 0) is 0 Å². The molecule has 0 aromatic carbocycles. The van der Waals surface area contributed by atoms with E-state index in [0.29, 0.717) is 0 Å². The van der Waals surface area contributed by atoms with Gasteiger partial charge in [-0.3, -0.25) is 4.79 Å². The number of nitrogens with zero attached hydrogens (tertiary/aromatic N) is 2. The predicted molar refractivity (Wildman–Crippen MR) is 39.6 cm³/mol. The van der Waals surface area contributed by atoms with E-state index in [9.17, 15) is 18.0 Å². The largest absolute Gasteiger partial charge is 0.481 e. The van der Waals surface area contributed by atoms with Crippen molar-refractivity contribution in [2.75, 3.05) is 0 Å². The zero-order valence-electron chi connectivity index (χ0n) is 6.90. The molecule has 0 saturated carbocycles. The van der Waals surface area contributed by atoms with E-state index in [1.807, 2.05) is 0 Å². The highest BCUT2D eigenvalue weighted by Gasteiger charge is 2.42. The summed E-state index contributed by atoms with van der Waals surface area (Å²) in [5.41, 5.74) is 0. The maximum absolute atomic E-state index is 12.3. The van der Waals surface area contributed by atoms with Crippen LogP contribution in [0.25, 0.3) is 0 Å². The van der Waals surface area contributed by atoms with Gasteiger partial charge in [0.15, 0.2) is 0 Å². The lowest BCUT2D eigenvalue weighted by atomic mass is 10.2. The average molecular weight is 208 g/mol. The molecule has 0 saturated heterocycles. The number of aliphatic carboxylic acids is 1. The summed E-state index contributed by atoms with van der Waals surface area (Å²) in [7, 11) is 0. The molecule has 0 aliphatic rings. The van der Waals surface area contributed by atoms with Gasteiger partial charge in [0, 0.05) is 12.4 Å². The Morgan fingerprint density at radius 1 is 1.57 bits per heavy atom. The number of carboxylic acid groups (broad SMARTS) is 1. The number of carbonyl (C=O) groups is 1. The van der Waals surface area contributed by atoms with Gasteiger partial charge in [0.1, 0.15) is 6.04 Å². The fourth-order valence-corrected chi connectivity index (χ4v) is 1.01. The van der Waals surface area contributed by atoms with E-state index < -0.39 is 24.6 Å². The molecule has 0 bridgehead atoms. The molecule has 1 N–H and O–H groups in total. The van der Waals surface area contributed by atoms with E-state index in [1.165, 1.54) is 6.20 Å².